The summed E-state index contributed by atoms with van der Waals surface area (Å²) in [7, 11) is 0. The van der Waals surface area contributed by atoms with Gasteiger partial charge in [-0.1, -0.05) is 34.8 Å². The number of hydrogen-bond donors (Lipinski definition) is 0. The average Bonchev–Trinajstić information content (AvgIpc) is 2.71. The van der Waals surface area contributed by atoms with Gasteiger partial charge in [-0.2, -0.15) is 0 Å². The van der Waals surface area contributed by atoms with E-state index in [0.29, 0.717) is 35.4 Å². The van der Waals surface area contributed by atoms with Gasteiger partial charge in [-0.25, -0.2) is 14.4 Å². The second-order valence-electron chi connectivity index (χ2n) is 3.86. The predicted octanol–water partition coefficient (Wildman–Crippen LogP) is 6.22. The Bertz CT molecular complexity index is 837. The van der Waals surface area contributed by atoms with Gasteiger partial charge >= 0.3 is 0 Å². The molecule has 3 aromatic rings. The summed E-state index contributed by atoms with van der Waals surface area (Å²) in [5, 5.41) is 0.783. The first-order valence-electron chi connectivity index (χ1n) is 5.23. The van der Waals surface area contributed by atoms with E-state index in [0.717, 1.165) is 0 Å². The lowest BCUT2D eigenvalue weighted by Crippen LogP contribution is -1.92. The minimum atomic E-state index is -0.423. The Kier molecular flexibility index (Phi) is 3.90. The monoisotopic (exact) mass is 410 g/mol. The van der Waals surface area contributed by atoms with Gasteiger partial charge in [-0.15, -0.1) is 11.3 Å². The quantitative estimate of drug-likeness (QED) is 0.444. The molecule has 0 saturated heterocycles. The van der Waals surface area contributed by atoms with Gasteiger partial charge in [0.25, 0.3) is 0 Å². The molecule has 0 unspecified atom stereocenters. The molecule has 2 heterocycles. The third-order valence-electron chi connectivity index (χ3n) is 2.59. The highest BCUT2D eigenvalue weighted by atomic mass is 79.9. The highest BCUT2D eigenvalue weighted by Crippen LogP contribution is 2.38. The smallest absolute Gasteiger partial charge is 0.163 e. The number of hydrogen-bond acceptors (Lipinski definition) is 3. The van der Waals surface area contributed by atoms with Crippen molar-refractivity contribution in [2.24, 2.45) is 0 Å². The average molecular weight is 412 g/mol. The van der Waals surface area contributed by atoms with Crippen LogP contribution < -0.4 is 0 Å². The van der Waals surface area contributed by atoms with E-state index in [-0.39, 0.29) is 5.15 Å². The Morgan fingerprint density at radius 2 is 1.85 bits per heavy atom. The third kappa shape index (κ3) is 2.53. The molecule has 0 atom stereocenters. The first-order chi connectivity index (χ1) is 9.45. The summed E-state index contributed by atoms with van der Waals surface area (Å²) in [6.07, 6.45) is 0. The molecule has 0 bridgehead atoms. The van der Waals surface area contributed by atoms with Crippen molar-refractivity contribution in [3.63, 3.8) is 0 Å². The standard InChI is InChI=1S/C12H3BrCl3FN2S/c13-6-1-4-8(3-7(6)17)18-12(19-10(4)15)5-2-9(14)20-11(5)16/h1-3H. The Labute approximate surface area is 140 Å². The van der Waals surface area contributed by atoms with Crippen LogP contribution in [0.3, 0.4) is 0 Å². The van der Waals surface area contributed by atoms with Crippen LogP contribution in [0, 0.1) is 5.82 Å². The number of benzene rings is 1. The predicted molar refractivity (Wildman–Crippen MR) is 85.5 cm³/mol. The number of fused-ring (bicyclic) bond motifs is 1. The topological polar surface area (TPSA) is 25.8 Å². The lowest BCUT2D eigenvalue weighted by molar-refractivity contribution is 0.623. The largest absolute Gasteiger partial charge is 0.228 e. The van der Waals surface area contributed by atoms with Crippen molar-refractivity contribution in [1.82, 2.24) is 9.97 Å². The summed E-state index contributed by atoms with van der Waals surface area (Å²) in [6, 6.07) is 4.48. The third-order valence-corrected chi connectivity index (χ3v) is 4.97. The molecule has 0 amide bonds. The van der Waals surface area contributed by atoms with Crippen LogP contribution in [-0.2, 0) is 0 Å². The van der Waals surface area contributed by atoms with E-state index in [4.69, 9.17) is 34.8 Å². The van der Waals surface area contributed by atoms with Gasteiger partial charge in [0.2, 0.25) is 0 Å². The molecule has 0 fully saturated rings. The van der Waals surface area contributed by atoms with Gasteiger partial charge in [0.05, 0.1) is 19.9 Å². The Balaban J connectivity index is 2.29. The van der Waals surface area contributed by atoms with Gasteiger partial charge in [0.15, 0.2) is 5.82 Å². The Morgan fingerprint density at radius 1 is 1.10 bits per heavy atom. The molecule has 20 heavy (non-hydrogen) atoms. The minimum absolute atomic E-state index is 0.226. The van der Waals surface area contributed by atoms with Crippen LogP contribution in [0.25, 0.3) is 22.3 Å². The zero-order valence-electron chi connectivity index (χ0n) is 9.42. The molecule has 2 nitrogen and oxygen atoms in total. The molecule has 0 N–H and O–H groups in total. The second kappa shape index (κ2) is 5.39. The molecule has 0 aliphatic heterocycles. The first kappa shape index (κ1) is 14.5. The van der Waals surface area contributed by atoms with Crippen molar-refractivity contribution in [2.45, 2.75) is 0 Å². The lowest BCUT2D eigenvalue weighted by Gasteiger charge is -2.05. The van der Waals surface area contributed by atoms with Gasteiger partial charge in [-0.3, -0.25) is 0 Å². The SMILES string of the molecule is Fc1cc2nc(-c3cc(Cl)sc3Cl)nc(Cl)c2cc1Br. The van der Waals surface area contributed by atoms with Gasteiger partial charge < -0.3 is 0 Å². The molecule has 0 aliphatic rings. The van der Waals surface area contributed by atoms with Gasteiger partial charge in [-0.05, 0) is 28.1 Å². The van der Waals surface area contributed by atoms with Crippen molar-refractivity contribution in [3.05, 3.63) is 42.3 Å². The summed E-state index contributed by atoms with van der Waals surface area (Å²) in [5.74, 6) is -0.106. The molecular weight excluding hydrogens is 409 g/mol. The maximum Gasteiger partial charge on any atom is 0.163 e. The van der Waals surface area contributed by atoms with E-state index in [9.17, 15) is 4.39 Å². The molecule has 0 radical (unpaired) electrons. The van der Waals surface area contributed by atoms with E-state index in [1.165, 1.54) is 17.4 Å². The number of thiophene rings is 1. The van der Waals surface area contributed by atoms with Crippen LogP contribution in [0.15, 0.2) is 22.7 Å². The zero-order valence-corrected chi connectivity index (χ0v) is 14.1. The fourth-order valence-electron chi connectivity index (χ4n) is 1.70. The highest BCUT2D eigenvalue weighted by Gasteiger charge is 2.15. The van der Waals surface area contributed by atoms with Crippen molar-refractivity contribution in [1.29, 1.82) is 0 Å². The lowest BCUT2D eigenvalue weighted by atomic mass is 10.2. The van der Waals surface area contributed by atoms with E-state index < -0.39 is 5.82 Å². The van der Waals surface area contributed by atoms with Crippen molar-refractivity contribution in [3.8, 4) is 11.4 Å². The molecule has 3 rings (SSSR count). The molecule has 8 heteroatoms. The summed E-state index contributed by atoms with van der Waals surface area (Å²) >= 11 is 22.4. The summed E-state index contributed by atoms with van der Waals surface area (Å²) < 4.78 is 14.9. The summed E-state index contributed by atoms with van der Waals surface area (Å²) in [5.41, 5.74) is 0.980. The minimum Gasteiger partial charge on any atom is -0.228 e. The zero-order chi connectivity index (χ0) is 14.4. The van der Waals surface area contributed by atoms with Crippen LogP contribution >= 0.6 is 62.1 Å². The van der Waals surface area contributed by atoms with E-state index >= 15 is 0 Å². The van der Waals surface area contributed by atoms with Crippen LogP contribution in [-0.4, -0.2) is 9.97 Å². The van der Waals surface area contributed by atoms with Gasteiger partial charge in [0.1, 0.15) is 15.3 Å². The number of halogens is 5. The normalized spacial score (nSPS) is 11.2. The van der Waals surface area contributed by atoms with E-state index in [1.807, 2.05) is 0 Å². The van der Waals surface area contributed by atoms with Crippen LogP contribution in [0.5, 0.6) is 0 Å². The summed E-state index contributed by atoms with van der Waals surface area (Å²) in [6.45, 7) is 0. The van der Waals surface area contributed by atoms with E-state index in [2.05, 4.69) is 25.9 Å². The maximum atomic E-state index is 13.6. The number of aromatic nitrogens is 2. The van der Waals surface area contributed by atoms with Crippen molar-refractivity contribution >= 4 is 73.0 Å². The fourth-order valence-corrected chi connectivity index (χ4v) is 3.73. The Hall–Kier alpha value is -0.460. The Morgan fingerprint density at radius 3 is 2.50 bits per heavy atom. The highest BCUT2D eigenvalue weighted by molar-refractivity contribution is 9.10. The molecule has 0 saturated carbocycles. The number of rotatable bonds is 1. The molecular formula is C12H3BrCl3FN2S. The van der Waals surface area contributed by atoms with Crippen molar-refractivity contribution < 1.29 is 4.39 Å². The van der Waals surface area contributed by atoms with E-state index in [1.54, 1.807) is 12.1 Å². The first-order valence-corrected chi connectivity index (χ1v) is 7.97. The molecule has 2 aromatic heterocycles. The summed E-state index contributed by atoms with van der Waals surface area (Å²) in [4.78, 5) is 8.48. The molecule has 0 aliphatic carbocycles. The van der Waals surface area contributed by atoms with Crippen LogP contribution in [0.1, 0.15) is 0 Å². The van der Waals surface area contributed by atoms with Crippen LogP contribution in [0.4, 0.5) is 4.39 Å². The van der Waals surface area contributed by atoms with Crippen LogP contribution in [0.2, 0.25) is 13.8 Å². The second-order valence-corrected chi connectivity index (χ2v) is 7.36. The molecule has 0 spiro atoms. The van der Waals surface area contributed by atoms with Crippen molar-refractivity contribution in [2.75, 3.05) is 0 Å². The number of nitrogens with zero attached hydrogens (tertiary/aromatic N) is 2. The fraction of sp³-hybridized carbons (Fsp3) is 0. The maximum absolute atomic E-state index is 13.6. The molecule has 102 valence electrons. The molecule has 1 aromatic carbocycles. The van der Waals surface area contributed by atoms with Gasteiger partial charge in [0, 0.05) is 11.5 Å².